The molecule has 0 spiro atoms. The third kappa shape index (κ3) is 4.04. The number of hydrogen-bond acceptors (Lipinski definition) is 5. The lowest BCUT2D eigenvalue weighted by atomic mass is 10.2. The maximum atomic E-state index is 11.8. The van der Waals surface area contributed by atoms with Crippen molar-refractivity contribution in [2.24, 2.45) is 5.92 Å². The van der Waals surface area contributed by atoms with Gasteiger partial charge < -0.3 is 9.64 Å². The molecule has 0 bridgehead atoms. The minimum Gasteiger partial charge on any atom is -0.461 e. The van der Waals surface area contributed by atoms with Gasteiger partial charge in [-0.25, -0.2) is 9.48 Å². The molecule has 7 heteroatoms. The van der Waals surface area contributed by atoms with E-state index in [0.29, 0.717) is 12.3 Å². The highest BCUT2D eigenvalue weighted by Crippen LogP contribution is 2.07. The number of carbonyl (C=O) groups is 2. The number of amides is 1. The molecular formula is C12H20N4O3. The normalized spacial score (nSPS) is 10.6. The number of ether oxygens (including phenoxy) is 1. The predicted molar refractivity (Wildman–Crippen MR) is 68.6 cm³/mol. The minimum absolute atomic E-state index is 0.0588. The Morgan fingerprint density at radius 1 is 1.37 bits per heavy atom. The van der Waals surface area contributed by atoms with E-state index in [4.69, 9.17) is 4.74 Å². The molecule has 0 unspecified atom stereocenters. The zero-order valence-electron chi connectivity index (χ0n) is 12.0. The van der Waals surface area contributed by atoms with Crippen LogP contribution >= 0.6 is 0 Å². The lowest BCUT2D eigenvalue weighted by Gasteiger charge is -2.10. The van der Waals surface area contributed by atoms with Crippen LogP contribution in [0.3, 0.4) is 0 Å². The topological polar surface area (TPSA) is 77.3 Å². The van der Waals surface area contributed by atoms with Crippen LogP contribution in [0.1, 0.15) is 30.0 Å². The molecule has 1 amide bonds. The van der Waals surface area contributed by atoms with Crippen LogP contribution in [0.4, 0.5) is 0 Å². The molecule has 0 saturated carbocycles. The number of rotatable bonds is 5. The summed E-state index contributed by atoms with van der Waals surface area (Å²) in [6.07, 6.45) is 0. The Balaban J connectivity index is 2.75. The molecule has 0 atom stereocenters. The van der Waals surface area contributed by atoms with Crippen LogP contribution in [0, 0.1) is 12.8 Å². The average molecular weight is 268 g/mol. The summed E-state index contributed by atoms with van der Waals surface area (Å²) in [6, 6.07) is 0. The molecule has 1 aromatic rings. The highest BCUT2D eigenvalue weighted by atomic mass is 16.5. The van der Waals surface area contributed by atoms with Gasteiger partial charge in [0.05, 0.1) is 12.3 Å². The van der Waals surface area contributed by atoms with Crippen LogP contribution in [0.2, 0.25) is 0 Å². The second-order valence-corrected chi connectivity index (χ2v) is 4.96. The van der Waals surface area contributed by atoms with E-state index in [1.165, 1.54) is 9.58 Å². The first-order valence-corrected chi connectivity index (χ1v) is 6.10. The van der Waals surface area contributed by atoms with E-state index < -0.39 is 5.97 Å². The van der Waals surface area contributed by atoms with Crippen LogP contribution < -0.4 is 0 Å². The molecular weight excluding hydrogens is 248 g/mol. The van der Waals surface area contributed by atoms with E-state index in [2.05, 4.69) is 10.3 Å². The monoisotopic (exact) mass is 268 g/mol. The van der Waals surface area contributed by atoms with Gasteiger partial charge in [-0.2, -0.15) is 0 Å². The molecule has 0 saturated heterocycles. The highest BCUT2D eigenvalue weighted by molar-refractivity contribution is 5.88. The van der Waals surface area contributed by atoms with Gasteiger partial charge in [0, 0.05) is 14.1 Å². The Hall–Kier alpha value is -1.92. The molecule has 0 fully saturated rings. The Labute approximate surface area is 112 Å². The number of aromatic nitrogens is 3. The van der Waals surface area contributed by atoms with Gasteiger partial charge in [0.1, 0.15) is 6.54 Å². The lowest BCUT2D eigenvalue weighted by molar-refractivity contribution is -0.129. The molecule has 1 rings (SSSR count). The summed E-state index contributed by atoms with van der Waals surface area (Å²) in [5.41, 5.74) is 0.691. The minimum atomic E-state index is -0.505. The molecule has 0 N–H and O–H groups in total. The summed E-state index contributed by atoms with van der Waals surface area (Å²) in [7, 11) is 3.32. The van der Waals surface area contributed by atoms with Crippen LogP contribution in [0.25, 0.3) is 0 Å². The fourth-order valence-corrected chi connectivity index (χ4v) is 1.28. The standard InChI is InChI=1S/C12H20N4O3/c1-8(2)7-19-12(18)11-9(3)16(14-13-11)6-10(17)15(4)5/h8H,6-7H2,1-5H3. The maximum absolute atomic E-state index is 11.8. The zero-order valence-corrected chi connectivity index (χ0v) is 12.0. The van der Waals surface area contributed by atoms with Crippen molar-refractivity contribution < 1.29 is 14.3 Å². The molecule has 0 aliphatic heterocycles. The fourth-order valence-electron chi connectivity index (χ4n) is 1.28. The van der Waals surface area contributed by atoms with Crippen LogP contribution in [-0.4, -0.2) is 52.5 Å². The summed E-state index contributed by atoms with van der Waals surface area (Å²) in [4.78, 5) is 24.8. The highest BCUT2D eigenvalue weighted by Gasteiger charge is 2.19. The quantitative estimate of drug-likeness (QED) is 0.726. The second kappa shape index (κ2) is 6.31. The van der Waals surface area contributed by atoms with E-state index in [0.717, 1.165) is 0 Å². The zero-order chi connectivity index (χ0) is 14.6. The third-order valence-corrected chi connectivity index (χ3v) is 2.51. The lowest BCUT2D eigenvalue weighted by Crippen LogP contribution is -2.27. The first kappa shape index (κ1) is 15.1. The summed E-state index contributed by atoms with van der Waals surface area (Å²) < 4.78 is 6.48. The molecule has 0 aliphatic rings. The summed E-state index contributed by atoms with van der Waals surface area (Å²) >= 11 is 0. The Kier molecular flexibility index (Phi) is 5.02. The molecule has 1 aromatic heterocycles. The Morgan fingerprint density at radius 2 is 2.00 bits per heavy atom. The fraction of sp³-hybridized carbons (Fsp3) is 0.667. The van der Waals surface area contributed by atoms with E-state index >= 15 is 0 Å². The average Bonchev–Trinajstić information content (AvgIpc) is 2.68. The third-order valence-electron chi connectivity index (χ3n) is 2.51. The molecule has 1 heterocycles. The molecule has 0 aliphatic carbocycles. The summed E-state index contributed by atoms with van der Waals surface area (Å²) in [5.74, 6) is -0.362. The van der Waals surface area contributed by atoms with Crippen molar-refractivity contribution in [1.29, 1.82) is 0 Å². The predicted octanol–water partition coefficient (Wildman–Crippen LogP) is 0.488. The van der Waals surface area contributed by atoms with Crippen molar-refractivity contribution in [2.75, 3.05) is 20.7 Å². The SMILES string of the molecule is Cc1c(C(=O)OCC(C)C)nnn1CC(=O)N(C)C. The molecule has 7 nitrogen and oxygen atoms in total. The van der Waals surface area contributed by atoms with Gasteiger partial charge in [0.15, 0.2) is 5.69 Å². The summed E-state index contributed by atoms with van der Waals surface area (Å²) in [5, 5.41) is 7.58. The van der Waals surface area contributed by atoms with Gasteiger partial charge in [-0.15, -0.1) is 5.10 Å². The smallest absolute Gasteiger partial charge is 0.360 e. The summed E-state index contributed by atoms with van der Waals surface area (Å²) in [6.45, 7) is 5.99. The molecule has 0 aromatic carbocycles. The van der Waals surface area contributed by atoms with Gasteiger partial charge in [-0.1, -0.05) is 19.1 Å². The largest absolute Gasteiger partial charge is 0.461 e. The van der Waals surface area contributed by atoms with Gasteiger partial charge in [0.2, 0.25) is 5.91 Å². The van der Waals surface area contributed by atoms with Crippen LogP contribution in [0.15, 0.2) is 0 Å². The van der Waals surface area contributed by atoms with E-state index in [9.17, 15) is 9.59 Å². The van der Waals surface area contributed by atoms with Crippen molar-refractivity contribution >= 4 is 11.9 Å². The van der Waals surface area contributed by atoms with Crippen molar-refractivity contribution in [3.8, 4) is 0 Å². The second-order valence-electron chi connectivity index (χ2n) is 4.96. The van der Waals surface area contributed by atoms with E-state index in [1.807, 2.05) is 13.8 Å². The molecule has 0 radical (unpaired) electrons. The number of likely N-dealkylation sites (N-methyl/N-ethyl adjacent to an activating group) is 1. The number of carbonyl (C=O) groups excluding carboxylic acids is 2. The van der Waals surface area contributed by atoms with E-state index in [1.54, 1.807) is 21.0 Å². The van der Waals surface area contributed by atoms with Crippen molar-refractivity contribution in [3.63, 3.8) is 0 Å². The Bertz CT molecular complexity index is 466. The first-order chi connectivity index (χ1) is 8.82. The van der Waals surface area contributed by atoms with Crippen molar-refractivity contribution in [3.05, 3.63) is 11.4 Å². The first-order valence-electron chi connectivity index (χ1n) is 6.10. The molecule has 19 heavy (non-hydrogen) atoms. The van der Waals surface area contributed by atoms with Crippen LogP contribution in [-0.2, 0) is 16.1 Å². The maximum Gasteiger partial charge on any atom is 0.360 e. The molecule has 106 valence electrons. The number of nitrogens with zero attached hydrogens (tertiary/aromatic N) is 4. The number of esters is 1. The Morgan fingerprint density at radius 3 is 2.53 bits per heavy atom. The van der Waals surface area contributed by atoms with Gasteiger partial charge in [0.25, 0.3) is 0 Å². The van der Waals surface area contributed by atoms with E-state index in [-0.39, 0.29) is 24.1 Å². The van der Waals surface area contributed by atoms with Gasteiger partial charge in [-0.3, -0.25) is 4.79 Å². The van der Waals surface area contributed by atoms with Crippen LogP contribution in [0.5, 0.6) is 0 Å². The van der Waals surface area contributed by atoms with Gasteiger partial charge >= 0.3 is 5.97 Å². The van der Waals surface area contributed by atoms with Gasteiger partial charge in [-0.05, 0) is 12.8 Å². The number of hydrogen-bond donors (Lipinski definition) is 0. The van der Waals surface area contributed by atoms with Crippen molar-refractivity contribution in [1.82, 2.24) is 19.9 Å². The van der Waals surface area contributed by atoms with Crippen molar-refractivity contribution in [2.45, 2.75) is 27.3 Å².